The fraction of sp³-hybridized carbons (Fsp3) is 0.311. The van der Waals surface area contributed by atoms with Gasteiger partial charge in [-0.05, 0) is 77.1 Å². The maximum absolute atomic E-state index is 13.3. The molecule has 0 aromatic heterocycles. The van der Waals surface area contributed by atoms with Crippen molar-refractivity contribution in [1.82, 2.24) is 14.9 Å². The van der Waals surface area contributed by atoms with Crippen LogP contribution >= 0.6 is 0 Å². The number of amides is 1. The minimum Gasteiger partial charge on any atom is -0.392 e. The van der Waals surface area contributed by atoms with Crippen LogP contribution in [0.2, 0.25) is 0 Å². The molecular weight excluding hydrogens is 725 g/mol. The van der Waals surface area contributed by atoms with Gasteiger partial charge in [0.25, 0.3) is 0 Å². The lowest BCUT2D eigenvalue weighted by molar-refractivity contribution is -0.276. The number of benzene rings is 5. The lowest BCUT2D eigenvalue weighted by Crippen LogP contribution is -2.57. The van der Waals surface area contributed by atoms with E-state index in [9.17, 15) is 18.3 Å². The monoisotopic (exact) mass is 772 g/mol. The predicted octanol–water partition coefficient (Wildman–Crippen LogP) is 6.54. The molecule has 4 atom stereocenters. The first-order valence-corrected chi connectivity index (χ1v) is 20.8. The topological polar surface area (TPSA) is 120 Å². The lowest BCUT2D eigenvalue weighted by Gasteiger charge is -2.46. The standard InChI is InChI=1S/C45H48N4O6S/c1-32-41(29-48-24-22-45(23-25-48)44(51)46-31-49(45)39-14-4-2-5-15-39)54-43(55-42(32)35-20-18-33(30-50)19-21-35)38-13-9-12-37(27-38)36-11-8-10-34(26-36)28-47-56(52,53)40-16-6-3-7-17-40/h2-21,26-27,32,41-43,47,50H,22-25,28-31H2,1H3,(H,46,51). The summed E-state index contributed by atoms with van der Waals surface area (Å²) in [6, 6.07) is 42.5. The Labute approximate surface area is 329 Å². The fourth-order valence-electron chi connectivity index (χ4n) is 8.31. The summed E-state index contributed by atoms with van der Waals surface area (Å²) in [7, 11) is -3.65. The summed E-state index contributed by atoms with van der Waals surface area (Å²) in [5.74, 6) is 0.110. The van der Waals surface area contributed by atoms with Crippen molar-refractivity contribution < 1.29 is 27.8 Å². The molecule has 4 unspecified atom stereocenters. The van der Waals surface area contributed by atoms with E-state index in [1.54, 1.807) is 30.3 Å². The number of anilines is 1. The number of nitrogens with zero attached hydrogens (tertiary/aromatic N) is 2. The van der Waals surface area contributed by atoms with Gasteiger partial charge in [-0.15, -0.1) is 0 Å². The zero-order valence-corrected chi connectivity index (χ0v) is 32.3. The zero-order chi connectivity index (χ0) is 38.7. The third-order valence-electron chi connectivity index (χ3n) is 11.6. The van der Waals surface area contributed by atoms with Crippen LogP contribution in [0.3, 0.4) is 0 Å². The second kappa shape index (κ2) is 16.3. The van der Waals surface area contributed by atoms with Crippen LogP contribution in [0, 0.1) is 5.92 Å². The molecule has 3 aliphatic rings. The van der Waals surface area contributed by atoms with E-state index in [2.05, 4.69) is 45.0 Å². The average molecular weight is 773 g/mol. The third kappa shape index (κ3) is 7.88. The van der Waals surface area contributed by atoms with Crippen molar-refractivity contribution in [2.45, 2.75) is 61.8 Å². The largest absolute Gasteiger partial charge is 0.392 e. The van der Waals surface area contributed by atoms with E-state index in [0.717, 1.165) is 65.0 Å². The molecule has 290 valence electrons. The molecule has 8 rings (SSSR count). The van der Waals surface area contributed by atoms with Crippen molar-refractivity contribution in [3.8, 4) is 11.1 Å². The molecule has 1 amide bonds. The molecule has 1 spiro atoms. The minimum absolute atomic E-state index is 0.0113. The van der Waals surface area contributed by atoms with Crippen molar-refractivity contribution in [3.63, 3.8) is 0 Å². The Morgan fingerprint density at radius 3 is 2.18 bits per heavy atom. The first-order valence-electron chi connectivity index (χ1n) is 19.3. The molecule has 5 aromatic carbocycles. The molecule has 5 aromatic rings. The number of hydrogen-bond acceptors (Lipinski definition) is 8. The second-order valence-electron chi connectivity index (χ2n) is 15.0. The Bertz CT molecular complexity index is 2230. The summed E-state index contributed by atoms with van der Waals surface area (Å²) >= 11 is 0. The number of aliphatic hydroxyl groups is 1. The van der Waals surface area contributed by atoms with E-state index in [-0.39, 0.29) is 42.1 Å². The number of nitrogens with one attached hydrogen (secondary N) is 2. The van der Waals surface area contributed by atoms with Crippen LogP contribution in [-0.2, 0) is 37.4 Å². The quantitative estimate of drug-likeness (QED) is 0.139. The number of rotatable bonds is 11. The number of hydrogen-bond donors (Lipinski definition) is 3. The van der Waals surface area contributed by atoms with Gasteiger partial charge in [0.1, 0.15) is 5.54 Å². The highest BCUT2D eigenvalue weighted by atomic mass is 32.2. The first kappa shape index (κ1) is 38.0. The third-order valence-corrected chi connectivity index (χ3v) is 13.0. The lowest BCUT2D eigenvalue weighted by atomic mass is 9.84. The van der Waals surface area contributed by atoms with Crippen molar-refractivity contribution in [2.24, 2.45) is 5.92 Å². The second-order valence-corrected chi connectivity index (χ2v) is 16.8. The van der Waals surface area contributed by atoms with Gasteiger partial charge in [0.15, 0.2) is 6.29 Å². The van der Waals surface area contributed by atoms with Gasteiger partial charge < -0.3 is 29.7 Å². The number of carbonyl (C=O) groups is 1. The zero-order valence-electron chi connectivity index (χ0n) is 31.5. The molecule has 10 nitrogen and oxygen atoms in total. The summed E-state index contributed by atoms with van der Waals surface area (Å²) < 4.78 is 42.2. The van der Waals surface area contributed by atoms with Gasteiger partial charge in [-0.25, -0.2) is 13.1 Å². The van der Waals surface area contributed by atoms with Crippen LogP contribution in [0.15, 0.2) is 138 Å². The molecule has 0 radical (unpaired) electrons. The molecule has 0 aliphatic carbocycles. The highest BCUT2D eigenvalue weighted by molar-refractivity contribution is 7.89. The van der Waals surface area contributed by atoms with Crippen LogP contribution in [0.25, 0.3) is 11.1 Å². The summed E-state index contributed by atoms with van der Waals surface area (Å²) in [5.41, 5.74) is 5.97. The molecule has 3 fully saturated rings. The Hall–Kier alpha value is -4.88. The number of ether oxygens (including phenoxy) is 2. The molecule has 0 bridgehead atoms. The molecule has 3 N–H and O–H groups in total. The van der Waals surface area contributed by atoms with Crippen LogP contribution in [0.1, 0.15) is 54.4 Å². The maximum Gasteiger partial charge on any atom is 0.247 e. The molecule has 11 heteroatoms. The predicted molar refractivity (Wildman–Crippen MR) is 216 cm³/mol. The van der Waals surface area contributed by atoms with E-state index in [0.29, 0.717) is 13.2 Å². The van der Waals surface area contributed by atoms with E-state index in [4.69, 9.17) is 9.47 Å². The number of para-hydroxylation sites is 1. The molecule has 3 aliphatic heterocycles. The number of carbonyl (C=O) groups excluding carboxylic acids is 1. The van der Waals surface area contributed by atoms with Crippen LogP contribution in [0.4, 0.5) is 5.69 Å². The summed E-state index contributed by atoms with van der Waals surface area (Å²) in [6.45, 7) is 5.03. The van der Waals surface area contributed by atoms with Gasteiger partial charge in [0.2, 0.25) is 15.9 Å². The Balaban J connectivity index is 1.01. The molecular formula is C45H48N4O6S. The molecule has 3 heterocycles. The number of sulfonamides is 1. The fourth-order valence-corrected chi connectivity index (χ4v) is 9.35. The normalized spacial score (nSPS) is 22.6. The van der Waals surface area contributed by atoms with Crippen LogP contribution in [-0.4, -0.2) is 62.3 Å². The highest BCUT2D eigenvalue weighted by Gasteiger charge is 2.51. The average Bonchev–Trinajstić information content (AvgIpc) is 3.56. The minimum atomic E-state index is -3.65. The van der Waals surface area contributed by atoms with Crippen molar-refractivity contribution in [2.75, 3.05) is 31.2 Å². The smallest absolute Gasteiger partial charge is 0.247 e. The summed E-state index contributed by atoms with van der Waals surface area (Å²) in [4.78, 5) is 18.2. The van der Waals surface area contributed by atoms with Gasteiger partial charge in [-0.2, -0.15) is 0 Å². The van der Waals surface area contributed by atoms with E-state index in [1.807, 2.05) is 84.9 Å². The molecule has 56 heavy (non-hydrogen) atoms. The van der Waals surface area contributed by atoms with Gasteiger partial charge in [0, 0.05) is 43.3 Å². The van der Waals surface area contributed by atoms with Gasteiger partial charge in [0.05, 0.1) is 30.4 Å². The summed E-state index contributed by atoms with van der Waals surface area (Å²) in [5, 5.41) is 12.8. The van der Waals surface area contributed by atoms with Crippen LogP contribution < -0.4 is 14.9 Å². The number of likely N-dealkylation sites (tertiary alicyclic amines) is 1. The first-order chi connectivity index (χ1) is 27.2. The Morgan fingerprint density at radius 1 is 0.786 bits per heavy atom. The van der Waals surface area contributed by atoms with Crippen LogP contribution in [0.5, 0.6) is 0 Å². The highest BCUT2D eigenvalue weighted by Crippen LogP contribution is 2.43. The van der Waals surface area contributed by atoms with Crippen molar-refractivity contribution in [3.05, 3.63) is 156 Å². The maximum atomic E-state index is 13.3. The van der Waals surface area contributed by atoms with Crippen molar-refractivity contribution in [1.29, 1.82) is 0 Å². The van der Waals surface area contributed by atoms with Gasteiger partial charge >= 0.3 is 0 Å². The van der Waals surface area contributed by atoms with E-state index < -0.39 is 21.9 Å². The molecule has 0 saturated carbocycles. The van der Waals surface area contributed by atoms with Crippen molar-refractivity contribution >= 4 is 21.6 Å². The summed E-state index contributed by atoms with van der Waals surface area (Å²) in [6.07, 6.45) is 0.356. The van der Waals surface area contributed by atoms with E-state index in [1.165, 1.54) is 0 Å². The Kier molecular flexibility index (Phi) is 11.1. The SMILES string of the molecule is CC1C(CN2CCC3(CC2)C(=O)NCN3c2ccccc2)OC(c2cccc(-c3cccc(CNS(=O)(=O)c4ccccc4)c3)c2)OC1c1ccc(CO)cc1. The number of piperidine rings is 1. The van der Waals surface area contributed by atoms with Gasteiger partial charge in [-0.3, -0.25) is 4.79 Å². The number of aliphatic hydroxyl groups excluding tert-OH is 1. The Morgan fingerprint density at radius 2 is 1.46 bits per heavy atom. The van der Waals surface area contributed by atoms with Gasteiger partial charge in [-0.1, -0.05) is 104 Å². The molecule has 3 saturated heterocycles. The van der Waals surface area contributed by atoms with E-state index >= 15 is 0 Å².